The number of aromatic nitrogens is 1. The van der Waals surface area contributed by atoms with Gasteiger partial charge in [0.25, 0.3) is 11.8 Å². The van der Waals surface area contributed by atoms with Gasteiger partial charge >= 0.3 is 0 Å². The number of hydrogen-bond donors (Lipinski definition) is 3. The van der Waals surface area contributed by atoms with Crippen LogP contribution in [0.1, 0.15) is 55.1 Å². The van der Waals surface area contributed by atoms with Gasteiger partial charge in [-0.05, 0) is 50.6 Å². The van der Waals surface area contributed by atoms with Crippen LogP contribution in [-0.2, 0) is 6.54 Å². The molecule has 144 valence electrons. The molecule has 0 saturated heterocycles. The number of anilines is 1. The molecule has 2 aromatic heterocycles. The molecule has 3 aromatic rings. The summed E-state index contributed by atoms with van der Waals surface area (Å²) in [5.41, 5.74) is 2.74. The van der Waals surface area contributed by atoms with E-state index in [-0.39, 0.29) is 18.2 Å². The van der Waals surface area contributed by atoms with Crippen molar-refractivity contribution in [3.05, 3.63) is 76.5 Å². The number of Topliss-reactive ketones (excluding diaryl/α,β-unsaturated/α-hetero) is 1. The predicted molar refractivity (Wildman–Crippen MR) is 105 cm³/mol. The molecule has 0 bridgehead atoms. The number of ketones is 1. The number of nitrogens with one attached hydrogen (secondary N) is 3. The number of benzene rings is 1. The molecular formula is C21H21N3O4. The lowest BCUT2D eigenvalue weighted by Crippen LogP contribution is -2.25. The van der Waals surface area contributed by atoms with Gasteiger partial charge in [0, 0.05) is 11.3 Å². The van der Waals surface area contributed by atoms with E-state index in [4.69, 9.17) is 4.42 Å². The van der Waals surface area contributed by atoms with Gasteiger partial charge in [0.05, 0.1) is 24.1 Å². The highest BCUT2D eigenvalue weighted by Crippen LogP contribution is 2.21. The molecule has 28 heavy (non-hydrogen) atoms. The van der Waals surface area contributed by atoms with E-state index >= 15 is 0 Å². The quantitative estimate of drug-likeness (QED) is 0.569. The summed E-state index contributed by atoms with van der Waals surface area (Å²) in [7, 11) is 0. The zero-order valence-electron chi connectivity index (χ0n) is 15.9. The van der Waals surface area contributed by atoms with E-state index in [1.807, 2.05) is 0 Å². The van der Waals surface area contributed by atoms with E-state index in [0.717, 1.165) is 0 Å². The van der Waals surface area contributed by atoms with E-state index in [0.29, 0.717) is 39.5 Å². The van der Waals surface area contributed by atoms with Crippen molar-refractivity contribution >= 4 is 23.3 Å². The molecule has 0 atom stereocenters. The third kappa shape index (κ3) is 3.88. The summed E-state index contributed by atoms with van der Waals surface area (Å²) in [6.45, 7) is 5.17. The number of hydrogen-bond acceptors (Lipinski definition) is 4. The summed E-state index contributed by atoms with van der Waals surface area (Å²) in [5, 5.41) is 5.51. The van der Waals surface area contributed by atoms with Crippen molar-refractivity contribution in [2.24, 2.45) is 0 Å². The van der Waals surface area contributed by atoms with Gasteiger partial charge in [0.2, 0.25) is 0 Å². The number of H-pyrrole nitrogens is 1. The summed E-state index contributed by atoms with van der Waals surface area (Å²) in [6, 6.07) is 10.2. The molecule has 0 aliphatic carbocycles. The molecule has 3 N–H and O–H groups in total. The SMILES string of the molecule is CC(=O)c1c(C)[nH]c(C(=O)Nc2ccccc2C(=O)NCc2ccco2)c1C. The molecule has 1 aromatic carbocycles. The first kappa shape index (κ1) is 19.2. The minimum absolute atomic E-state index is 0.108. The third-order valence-corrected chi connectivity index (χ3v) is 4.44. The Bertz CT molecular complexity index is 1030. The van der Waals surface area contributed by atoms with Crippen LogP contribution < -0.4 is 10.6 Å². The molecule has 2 heterocycles. The van der Waals surface area contributed by atoms with Crippen LogP contribution in [0, 0.1) is 13.8 Å². The molecule has 3 rings (SSSR count). The molecular weight excluding hydrogens is 358 g/mol. The summed E-state index contributed by atoms with van der Waals surface area (Å²) >= 11 is 0. The van der Waals surface area contributed by atoms with Crippen LogP contribution in [0.4, 0.5) is 5.69 Å². The van der Waals surface area contributed by atoms with Gasteiger partial charge in [-0.2, -0.15) is 0 Å². The van der Waals surface area contributed by atoms with E-state index in [2.05, 4.69) is 15.6 Å². The van der Waals surface area contributed by atoms with Crippen LogP contribution in [-0.4, -0.2) is 22.6 Å². The number of amides is 2. The Kier molecular flexibility index (Phi) is 5.44. The first-order valence-corrected chi connectivity index (χ1v) is 8.79. The number of para-hydroxylation sites is 1. The second-order valence-electron chi connectivity index (χ2n) is 6.44. The third-order valence-electron chi connectivity index (χ3n) is 4.44. The average molecular weight is 379 g/mol. The lowest BCUT2D eigenvalue weighted by molar-refractivity contribution is 0.0948. The maximum absolute atomic E-state index is 12.7. The zero-order valence-corrected chi connectivity index (χ0v) is 15.9. The van der Waals surface area contributed by atoms with E-state index in [1.165, 1.54) is 13.2 Å². The number of furan rings is 1. The highest BCUT2D eigenvalue weighted by atomic mass is 16.3. The van der Waals surface area contributed by atoms with Gasteiger partial charge in [-0.15, -0.1) is 0 Å². The monoisotopic (exact) mass is 379 g/mol. The Morgan fingerprint density at radius 3 is 2.43 bits per heavy atom. The van der Waals surface area contributed by atoms with Gasteiger partial charge in [-0.1, -0.05) is 12.1 Å². The maximum Gasteiger partial charge on any atom is 0.272 e. The van der Waals surface area contributed by atoms with Crippen molar-refractivity contribution in [3.8, 4) is 0 Å². The Balaban J connectivity index is 1.80. The van der Waals surface area contributed by atoms with Gasteiger partial charge in [0.1, 0.15) is 11.5 Å². The number of aryl methyl sites for hydroxylation is 1. The minimum Gasteiger partial charge on any atom is -0.467 e. The van der Waals surface area contributed by atoms with Crippen molar-refractivity contribution in [1.82, 2.24) is 10.3 Å². The number of rotatable bonds is 6. The second-order valence-corrected chi connectivity index (χ2v) is 6.44. The second kappa shape index (κ2) is 7.96. The van der Waals surface area contributed by atoms with Crippen LogP contribution in [0.15, 0.2) is 47.1 Å². The normalized spacial score (nSPS) is 10.5. The molecule has 0 aliphatic heterocycles. The van der Waals surface area contributed by atoms with E-state index < -0.39 is 5.91 Å². The zero-order chi connectivity index (χ0) is 20.3. The van der Waals surface area contributed by atoms with Gasteiger partial charge in [-0.25, -0.2) is 0 Å². The maximum atomic E-state index is 12.7. The fraction of sp³-hybridized carbons (Fsp3) is 0.190. The van der Waals surface area contributed by atoms with Crippen molar-refractivity contribution in [2.75, 3.05) is 5.32 Å². The van der Waals surface area contributed by atoms with Crippen LogP contribution in [0.25, 0.3) is 0 Å². The summed E-state index contributed by atoms with van der Waals surface area (Å²) in [6.07, 6.45) is 1.53. The summed E-state index contributed by atoms with van der Waals surface area (Å²) in [4.78, 5) is 40.0. The summed E-state index contributed by atoms with van der Waals surface area (Å²) < 4.78 is 5.20. The Labute approximate surface area is 162 Å². The molecule has 0 saturated carbocycles. The fourth-order valence-corrected chi connectivity index (χ4v) is 3.16. The van der Waals surface area contributed by atoms with Crippen LogP contribution in [0.2, 0.25) is 0 Å². The molecule has 2 amide bonds. The molecule has 0 spiro atoms. The largest absolute Gasteiger partial charge is 0.467 e. The fourth-order valence-electron chi connectivity index (χ4n) is 3.16. The van der Waals surface area contributed by atoms with Gasteiger partial charge in [-0.3, -0.25) is 14.4 Å². The number of carbonyl (C=O) groups excluding carboxylic acids is 3. The molecule has 0 radical (unpaired) electrons. The lowest BCUT2D eigenvalue weighted by Gasteiger charge is -2.11. The Morgan fingerprint density at radius 2 is 1.79 bits per heavy atom. The molecule has 7 heteroatoms. The molecule has 7 nitrogen and oxygen atoms in total. The van der Waals surface area contributed by atoms with Crippen LogP contribution in [0.3, 0.4) is 0 Å². The topological polar surface area (TPSA) is 104 Å². The van der Waals surface area contributed by atoms with E-state index in [9.17, 15) is 14.4 Å². The predicted octanol–water partition coefficient (Wildman–Crippen LogP) is 3.61. The molecule has 0 unspecified atom stereocenters. The van der Waals surface area contributed by atoms with Crippen molar-refractivity contribution in [1.29, 1.82) is 0 Å². The highest BCUT2D eigenvalue weighted by Gasteiger charge is 2.21. The van der Waals surface area contributed by atoms with E-state index in [1.54, 1.807) is 50.2 Å². The first-order valence-electron chi connectivity index (χ1n) is 8.79. The molecule has 0 fully saturated rings. The first-order chi connectivity index (χ1) is 13.4. The molecule has 0 aliphatic rings. The average Bonchev–Trinajstić information content (AvgIpc) is 3.27. The van der Waals surface area contributed by atoms with Gasteiger partial charge in [0.15, 0.2) is 5.78 Å². The Morgan fingerprint density at radius 1 is 1.04 bits per heavy atom. The van der Waals surface area contributed by atoms with Crippen LogP contribution in [0.5, 0.6) is 0 Å². The minimum atomic E-state index is -0.417. The van der Waals surface area contributed by atoms with Crippen molar-refractivity contribution in [2.45, 2.75) is 27.3 Å². The van der Waals surface area contributed by atoms with Gasteiger partial charge < -0.3 is 20.0 Å². The number of carbonyl (C=O) groups is 3. The van der Waals surface area contributed by atoms with Crippen molar-refractivity contribution in [3.63, 3.8) is 0 Å². The van der Waals surface area contributed by atoms with Crippen molar-refractivity contribution < 1.29 is 18.8 Å². The smallest absolute Gasteiger partial charge is 0.272 e. The lowest BCUT2D eigenvalue weighted by atomic mass is 10.1. The number of aromatic amines is 1. The summed E-state index contributed by atoms with van der Waals surface area (Å²) in [5.74, 6) is -0.234. The standard InChI is InChI=1S/C21H21N3O4/c1-12-18(14(3)25)13(2)23-19(12)21(27)24-17-9-5-4-8-16(17)20(26)22-11-15-7-6-10-28-15/h4-10,23H,11H2,1-3H3,(H,22,26)(H,24,27). The Hall–Kier alpha value is -3.61. The highest BCUT2D eigenvalue weighted by molar-refractivity contribution is 6.10. The van der Waals surface area contributed by atoms with Crippen LogP contribution >= 0.6 is 0 Å².